The van der Waals surface area contributed by atoms with Crippen LogP contribution < -0.4 is 10.2 Å². The Morgan fingerprint density at radius 1 is 1.23 bits per heavy atom. The van der Waals surface area contributed by atoms with Crippen LogP contribution in [0.2, 0.25) is 0 Å². The number of anilines is 2. The van der Waals surface area contributed by atoms with Gasteiger partial charge < -0.3 is 15.0 Å². The van der Waals surface area contributed by atoms with Crippen LogP contribution in [-0.2, 0) is 9.53 Å². The third-order valence-corrected chi connectivity index (χ3v) is 6.20. The molecule has 0 spiro atoms. The summed E-state index contributed by atoms with van der Waals surface area (Å²) in [6.07, 6.45) is 4.05. The zero-order valence-electron chi connectivity index (χ0n) is 14.7. The van der Waals surface area contributed by atoms with Crippen LogP contribution in [0.15, 0.2) is 24.3 Å². The number of amides is 1. The number of ether oxygens (including phenoxy) is 1. The summed E-state index contributed by atoms with van der Waals surface area (Å²) in [5.74, 6) is 0.286. The molecule has 0 aliphatic carbocycles. The molecule has 1 atom stereocenters. The molecule has 2 aliphatic heterocycles. The number of carbonyl (C=O) groups excluding carboxylic acids is 2. The van der Waals surface area contributed by atoms with Crippen LogP contribution in [0.25, 0.3) is 0 Å². The van der Waals surface area contributed by atoms with Gasteiger partial charge in [-0.25, -0.2) is 9.78 Å². The van der Waals surface area contributed by atoms with E-state index in [0.717, 1.165) is 28.7 Å². The van der Waals surface area contributed by atoms with Gasteiger partial charge in [0.1, 0.15) is 5.82 Å². The molecule has 1 aromatic carbocycles. The molecule has 7 heteroatoms. The summed E-state index contributed by atoms with van der Waals surface area (Å²) in [5, 5.41) is 3.91. The van der Waals surface area contributed by atoms with Gasteiger partial charge in [0.2, 0.25) is 5.91 Å². The molecule has 3 heterocycles. The highest BCUT2D eigenvalue weighted by Crippen LogP contribution is 2.43. The quantitative estimate of drug-likeness (QED) is 0.838. The Hall–Kier alpha value is -2.41. The molecule has 0 radical (unpaired) electrons. The first kappa shape index (κ1) is 17.0. The number of piperidine rings is 1. The van der Waals surface area contributed by atoms with Crippen LogP contribution in [0, 0.1) is 0 Å². The Labute approximate surface area is 156 Å². The molecule has 6 nitrogen and oxygen atoms in total. The molecule has 1 amide bonds. The van der Waals surface area contributed by atoms with Gasteiger partial charge in [-0.2, -0.15) is 0 Å². The molecule has 136 valence electrons. The molecule has 1 fully saturated rings. The first-order valence-corrected chi connectivity index (χ1v) is 9.71. The molecule has 0 saturated carbocycles. The van der Waals surface area contributed by atoms with Gasteiger partial charge >= 0.3 is 5.97 Å². The highest BCUT2D eigenvalue weighted by Gasteiger charge is 2.31. The third-order valence-electron chi connectivity index (χ3n) is 4.97. The van der Waals surface area contributed by atoms with Crippen molar-refractivity contribution in [2.45, 2.75) is 31.6 Å². The number of rotatable bonds is 3. The van der Waals surface area contributed by atoms with E-state index in [2.05, 4.69) is 10.2 Å². The summed E-state index contributed by atoms with van der Waals surface area (Å²) in [7, 11) is 1.37. The van der Waals surface area contributed by atoms with Crippen LogP contribution >= 0.6 is 11.3 Å². The second kappa shape index (κ2) is 7.07. The van der Waals surface area contributed by atoms with Crippen molar-refractivity contribution in [2.24, 2.45) is 0 Å². The van der Waals surface area contributed by atoms with Gasteiger partial charge in [-0.05, 0) is 37.0 Å². The minimum absolute atomic E-state index is 0.0185. The highest BCUT2D eigenvalue weighted by molar-refractivity contribution is 7.16. The second-order valence-electron chi connectivity index (χ2n) is 6.68. The van der Waals surface area contributed by atoms with Crippen LogP contribution in [0.1, 0.15) is 52.4 Å². The van der Waals surface area contributed by atoms with Crippen molar-refractivity contribution in [2.75, 3.05) is 30.4 Å². The fraction of sp³-hybridized carbons (Fsp3) is 0.421. The van der Waals surface area contributed by atoms with Crippen LogP contribution in [-0.4, -0.2) is 37.1 Å². The average molecular weight is 371 g/mol. The molecule has 26 heavy (non-hydrogen) atoms. The van der Waals surface area contributed by atoms with E-state index in [1.54, 1.807) is 23.5 Å². The van der Waals surface area contributed by atoms with Gasteiger partial charge in [0.25, 0.3) is 0 Å². The van der Waals surface area contributed by atoms with Gasteiger partial charge in [-0.15, -0.1) is 0 Å². The topological polar surface area (TPSA) is 71.5 Å². The predicted molar refractivity (Wildman–Crippen MR) is 101 cm³/mol. The first-order chi connectivity index (χ1) is 12.7. The SMILES string of the molecule is COC(=O)c1ccc(C2CC(=O)Nc3nc(N4CCCCC4)sc32)cc1. The number of carbonyl (C=O) groups is 2. The number of benzene rings is 1. The predicted octanol–water partition coefficient (Wildman–Crippen LogP) is 3.39. The van der Waals surface area contributed by atoms with Gasteiger partial charge in [0, 0.05) is 25.4 Å². The number of nitrogens with one attached hydrogen (secondary N) is 1. The van der Waals surface area contributed by atoms with E-state index in [1.807, 2.05) is 12.1 Å². The summed E-state index contributed by atoms with van der Waals surface area (Å²) < 4.78 is 4.75. The van der Waals surface area contributed by atoms with E-state index >= 15 is 0 Å². The van der Waals surface area contributed by atoms with Crippen molar-refractivity contribution in [1.82, 2.24) is 4.98 Å². The summed E-state index contributed by atoms with van der Waals surface area (Å²) >= 11 is 1.67. The van der Waals surface area contributed by atoms with Crippen molar-refractivity contribution in [3.63, 3.8) is 0 Å². The number of nitrogens with zero attached hydrogens (tertiary/aromatic N) is 2. The number of thiazole rings is 1. The van der Waals surface area contributed by atoms with Crippen molar-refractivity contribution >= 4 is 34.2 Å². The zero-order valence-corrected chi connectivity index (χ0v) is 15.5. The first-order valence-electron chi connectivity index (χ1n) is 8.89. The minimum Gasteiger partial charge on any atom is -0.465 e. The summed E-state index contributed by atoms with van der Waals surface area (Å²) in [6, 6.07) is 7.30. The molecular formula is C19H21N3O3S. The molecular weight excluding hydrogens is 350 g/mol. The maximum atomic E-state index is 12.2. The lowest BCUT2D eigenvalue weighted by Crippen LogP contribution is -2.29. The fourth-order valence-corrected chi connectivity index (χ4v) is 4.77. The van der Waals surface area contributed by atoms with E-state index in [0.29, 0.717) is 17.8 Å². The number of aromatic nitrogens is 1. The molecule has 1 aromatic heterocycles. The number of methoxy groups -OCH3 is 1. The Kier molecular flexibility index (Phi) is 4.63. The Morgan fingerprint density at radius 2 is 1.96 bits per heavy atom. The van der Waals surface area contributed by atoms with Crippen molar-refractivity contribution in [3.05, 3.63) is 40.3 Å². The van der Waals surface area contributed by atoms with Crippen LogP contribution in [0.3, 0.4) is 0 Å². The lowest BCUT2D eigenvalue weighted by molar-refractivity contribution is -0.116. The van der Waals surface area contributed by atoms with Crippen LogP contribution in [0.4, 0.5) is 10.9 Å². The Bertz CT molecular complexity index is 825. The molecule has 2 aromatic rings. The molecule has 2 aliphatic rings. The molecule has 4 rings (SSSR count). The second-order valence-corrected chi connectivity index (χ2v) is 7.68. The molecule has 1 unspecified atom stereocenters. The van der Waals surface area contributed by atoms with E-state index in [1.165, 1.54) is 26.4 Å². The van der Waals surface area contributed by atoms with E-state index in [4.69, 9.17) is 9.72 Å². The lowest BCUT2D eigenvalue weighted by atomic mass is 9.91. The average Bonchev–Trinajstić information content (AvgIpc) is 3.11. The van der Waals surface area contributed by atoms with Gasteiger partial charge in [0.05, 0.1) is 17.6 Å². The van der Waals surface area contributed by atoms with Crippen molar-refractivity contribution in [1.29, 1.82) is 0 Å². The monoisotopic (exact) mass is 371 g/mol. The highest BCUT2D eigenvalue weighted by atomic mass is 32.1. The molecule has 1 saturated heterocycles. The van der Waals surface area contributed by atoms with E-state index < -0.39 is 0 Å². The van der Waals surface area contributed by atoms with Gasteiger partial charge in [0.15, 0.2) is 5.13 Å². The lowest BCUT2D eigenvalue weighted by Gasteiger charge is -2.25. The largest absolute Gasteiger partial charge is 0.465 e. The molecule has 0 bridgehead atoms. The third kappa shape index (κ3) is 3.19. The zero-order chi connectivity index (χ0) is 18.1. The maximum Gasteiger partial charge on any atom is 0.337 e. The standard InChI is InChI=1S/C19H21N3O3S/c1-25-18(24)13-7-5-12(6-8-13)14-11-15(23)20-17-16(14)26-19(21-17)22-9-3-2-4-10-22/h5-8,14H,2-4,9-11H2,1H3,(H,20,23). The summed E-state index contributed by atoms with van der Waals surface area (Å²) in [4.78, 5) is 31.9. The summed E-state index contributed by atoms with van der Waals surface area (Å²) in [5.41, 5.74) is 1.53. The smallest absolute Gasteiger partial charge is 0.337 e. The van der Waals surface area contributed by atoms with Gasteiger partial charge in [-0.1, -0.05) is 23.5 Å². The van der Waals surface area contributed by atoms with Crippen molar-refractivity contribution < 1.29 is 14.3 Å². The van der Waals surface area contributed by atoms with E-state index in [-0.39, 0.29) is 17.8 Å². The summed E-state index contributed by atoms with van der Waals surface area (Å²) in [6.45, 7) is 2.05. The number of esters is 1. The fourth-order valence-electron chi connectivity index (χ4n) is 3.57. The van der Waals surface area contributed by atoms with Gasteiger partial charge in [-0.3, -0.25) is 4.79 Å². The maximum absolute atomic E-state index is 12.2. The Morgan fingerprint density at radius 3 is 2.65 bits per heavy atom. The minimum atomic E-state index is -0.358. The number of fused-ring (bicyclic) bond motifs is 1. The van der Waals surface area contributed by atoms with Crippen LogP contribution in [0.5, 0.6) is 0 Å². The van der Waals surface area contributed by atoms with Crippen molar-refractivity contribution in [3.8, 4) is 0 Å². The van der Waals surface area contributed by atoms with E-state index in [9.17, 15) is 9.59 Å². The number of hydrogen-bond donors (Lipinski definition) is 1. The normalized spacial score (nSPS) is 19.7. The molecule has 1 N–H and O–H groups in total. The number of hydrogen-bond acceptors (Lipinski definition) is 6. The Balaban J connectivity index is 1.65.